The lowest BCUT2D eigenvalue weighted by Gasteiger charge is -2.09. The maximum atomic E-state index is 13.3. The van der Waals surface area contributed by atoms with E-state index in [1.165, 1.54) is 34.4 Å². The van der Waals surface area contributed by atoms with Crippen molar-refractivity contribution in [3.8, 4) is 10.4 Å². The number of halogens is 1. The number of aromatic nitrogens is 5. The molecule has 33 heavy (non-hydrogen) atoms. The number of aryl methyl sites for hydroxylation is 1. The Kier molecular flexibility index (Phi) is 5.27. The lowest BCUT2D eigenvalue weighted by Crippen LogP contribution is -2.22. The molecule has 0 aliphatic heterocycles. The maximum Gasteiger partial charge on any atom is 0.262 e. The average Bonchev–Trinajstić information content (AvgIpc) is 3.14. The highest BCUT2D eigenvalue weighted by Crippen LogP contribution is 2.35. The first-order chi connectivity index (χ1) is 16.0. The van der Waals surface area contributed by atoms with Crippen molar-refractivity contribution in [3.63, 3.8) is 0 Å². The van der Waals surface area contributed by atoms with E-state index in [9.17, 15) is 9.18 Å². The molecule has 5 aromatic rings. The van der Waals surface area contributed by atoms with Crippen LogP contribution in [0.4, 0.5) is 22.0 Å². The molecular weight excluding hydrogens is 441 g/mol. The molecule has 164 valence electrons. The van der Waals surface area contributed by atoms with Crippen LogP contribution in [0.3, 0.4) is 0 Å². The molecule has 0 atom stereocenters. The van der Waals surface area contributed by atoms with Crippen LogP contribution in [-0.4, -0.2) is 24.5 Å². The quantitative estimate of drug-likeness (QED) is 0.406. The zero-order valence-electron chi connectivity index (χ0n) is 17.5. The van der Waals surface area contributed by atoms with E-state index in [2.05, 4.69) is 25.3 Å². The van der Waals surface area contributed by atoms with Crippen LogP contribution < -0.4 is 16.6 Å². The van der Waals surface area contributed by atoms with Gasteiger partial charge in [-0.2, -0.15) is 15.0 Å². The molecule has 0 spiro atoms. The zero-order valence-corrected chi connectivity index (χ0v) is 18.3. The Balaban J connectivity index is 1.48. The largest absolute Gasteiger partial charge is 0.368 e. The van der Waals surface area contributed by atoms with Gasteiger partial charge >= 0.3 is 0 Å². The number of anilines is 3. The van der Waals surface area contributed by atoms with Gasteiger partial charge in [-0.25, -0.2) is 9.37 Å². The Bertz CT molecular complexity index is 1510. The lowest BCUT2D eigenvalue weighted by molar-refractivity contribution is 0.628. The van der Waals surface area contributed by atoms with Gasteiger partial charge in [0, 0.05) is 10.6 Å². The first-order valence-corrected chi connectivity index (χ1v) is 10.9. The van der Waals surface area contributed by atoms with Gasteiger partial charge < -0.3 is 11.1 Å². The summed E-state index contributed by atoms with van der Waals surface area (Å²) in [6, 6.07) is 15.7. The van der Waals surface area contributed by atoms with Crippen molar-refractivity contribution >= 4 is 39.1 Å². The Morgan fingerprint density at radius 1 is 1.06 bits per heavy atom. The predicted molar refractivity (Wildman–Crippen MR) is 127 cm³/mol. The minimum Gasteiger partial charge on any atom is -0.368 e. The van der Waals surface area contributed by atoms with Crippen LogP contribution in [0, 0.1) is 12.7 Å². The fraction of sp³-hybridized carbons (Fsp3) is 0.0870. The van der Waals surface area contributed by atoms with Crippen molar-refractivity contribution in [2.75, 3.05) is 11.1 Å². The third kappa shape index (κ3) is 4.15. The molecule has 0 amide bonds. The number of hydrogen-bond donors (Lipinski definition) is 2. The molecule has 0 saturated heterocycles. The van der Waals surface area contributed by atoms with E-state index in [4.69, 9.17) is 5.73 Å². The van der Waals surface area contributed by atoms with Crippen molar-refractivity contribution in [3.05, 3.63) is 88.5 Å². The molecule has 3 N–H and O–H groups in total. The van der Waals surface area contributed by atoms with Gasteiger partial charge in [-0.1, -0.05) is 30.3 Å². The summed E-state index contributed by atoms with van der Waals surface area (Å²) < 4.78 is 14.6. The summed E-state index contributed by atoms with van der Waals surface area (Å²) in [6.45, 7) is 2.00. The fourth-order valence-electron chi connectivity index (χ4n) is 3.52. The smallest absolute Gasteiger partial charge is 0.262 e. The maximum absolute atomic E-state index is 13.3. The molecular formula is C23H18FN7OS. The molecule has 0 unspecified atom stereocenters. The molecule has 0 bridgehead atoms. The van der Waals surface area contributed by atoms with E-state index in [0.717, 1.165) is 16.0 Å². The summed E-state index contributed by atoms with van der Waals surface area (Å²) in [5, 5.41) is 3.54. The molecule has 0 aliphatic rings. The van der Waals surface area contributed by atoms with E-state index in [0.29, 0.717) is 21.7 Å². The van der Waals surface area contributed by atoms with Crippen LogP contribution in [0.1, 0.15) is 11.4 Å². The Labute approximate surface area is 191 Å². The summed E-state index contributed by atoms with van der Waals surface area (Å²) in [5.74, 6) is 0.151. The highest BCUT2D eigenvalue weighted by Gasteiger charge is 2.16. The van der Waals surface area contributed by atoms with Gasteiger partial charge in [0.15, 0.2) is 5.82 Å². The second-order valence-corrected chi connectivity index (χ2v) is 8.34. The van der Waals surface area contributed by atoms with E-state index in [1.807, 2.05) is 37.3 Å². The monoisotopic (exact) mass is 459 g/mol. The summed E-state index contributed by atoms with van der Waals surface area (Å²) >= 11 is 1.49. The third-order valence-electron chi connectivity index (χ3n) is 5.06. The van der Waals surface area contributed by atoms with Crippen LogP contribution in [0.5, 0.6) is 0 Å². The predicted octanol–water partition coefficient (Wildman–Crippen LogP) is 4.13. The highest BCUT2D eigenvalue weighted by molar-refractivity contribution is 7.22. The van der Waals surface area contributed by atoms with Gasteiger partial charge in [-0.3, -0.25) is 9.36 Å². The summed E-state index contributed by atoms with van der Waals surface area (Å²) in [6.07, 6.45) is 1.49. The number of hydrogen-bond acceptors (Lipinski definition) is 8. The van der Waals surface area contributed by atoms with Crippen LogP contribution in [0.15, 0.2) is 65.7 Å². The number of rotatable bonds is 5. The topological polar surface area (TPSA) is 112 Å². The number of nitrogens with zero attached hydrogens (tertiary/aromatic N) is 5. The standard InChI is InChI=1S/C23H18FN7OS/c1-13-18-20(33-19(13)14-5-3-2-4-6-14)26-12-31(21(18)32)11-17-28-22(25)30-23(29-17)27-16-9-7-15(24)8-10-16/h2-10,12H,11H2,1H3,(H3,25,27,28,29,30). The number of benzene rings is 2. The Morgan fingerprint density at radius 3 is 2.58 bits per heavy atom. The van der Waals surface area contributed by atoms with Gasteiger partial charge in [0.1, 0.15) is 10.6 Å². The third-order valence-corrected chi connectivity index (χ3v) is 6.31. The molecule has 3 aromatic heterocycles. The number of fused-ring (bicyclic) bond motifs is 1. The molecule has 5 rings (SSSR count). The van der Waals surface area contributed by atoms with Crippen LogP contribution in [0.2, 0.25) is 0 Å². The molecule has 10 heteroatoms. The van der Waals surface area contributed by atoms with Crippen LogP contribution in [-0.2, 0) is 6.54 Å². The molecule has 2 aromatic carbocycles. The molecule has 0 fully saturated rings. The number of nitrogens with one attached hydrogen (secondary N) is 1. The minimum absolute atomic E-state index is 0.00442. The SMILES string of the molecule is Cc1c(-c2ccccc2)sc2ncn(Cc3nc(N)nc(Nc4ccc(F)cc4)n3)c(=O)c12. The summed E-state index contributed by atoms with van der Waals surface area (Å²) in [7, 11) is 0. The van der Waals surface area contributed by atoms with Crippen molar-refractivity contribution in [1.29, 1.82) is 0 Å². The summed E-state index contributed by atoms with van der Waals surface area (Å²) in [5.41, 5.74) is 8.20. The molecule has 8 nitrogen and oxygen atoms in total. The lowest BCUT2D eigenvalue weighted by atomic mass is 10.1. The van der Waals surface area contributed by atoms with E-state index >= 15 is 0 Å². The van der Waals surface area contributed by atoms with Gasteiger partial charge in [0.2, 0.25) is 11.9 Å². The van der Waals surface area contributed by atoms with Crippen molar-refractivity contribution in [2.45, 2.75) is 13.5 Å². The number of nitrogens with two attached hydrogens (primary N) is 1. The zero-order chi connectivity index (χ0) is 22.9. The minimum atomic E-state index is -0.349. The Hall–Kier alpha value is -4.18. The van der Waals surface area contributed by atoms with Gasteiger partial charge in [0.25, 0.3) is 5.56 Å². The van der Waals surface area contributed by atoms with Crippen molar-refractivity contribution in [2.24, 2.45) is 0 Å². The highest BCUT2D eigenvalue weighted by atomic mass is 32.1. The first-order valence-electron chi connectivity index (χ1n) is 10.0. The van der Waals surface area contributed by atoms with Crippen LogP contribution in [0.25, 0.3) is 20.7 Å². The van der Waals surface area contributed by atoms with Gasteiger partial charge in [-0.05, 0) is 42.3 Å². The molecule has 0 radical (unpaired) electrons. The van der Waals surface area contributed by atoms with Gasteiger partial charge in [0.05, 0.1) is 18.3 Å². The van der Waals surface area contributed by atoms with E-state index in [-0.39, 0.29) is 29.8 Å². The average molecular weight is 460 g/mol. The molecule has 3 heterocycles. The molecule has 0 saturated carbocycles. The number of nitrogen functional groups attached to an aromatic ring is 1. The Morgan fingerprint density at radius 2 is 1.82 bits per heavy atom. The van der Waals surface area contributed by atoms with E-state index in [1.54, 1.807) is 12.1 Å². The van der Waals surface area contributed by atoms with Crippen molar-refractivity contribution in [1.82, 2.24) is 24.5 Å². The fourth-order valence-corrected chi connectivity index (χ4v) is 4.66. The van der Waals surface area contributed by atoms with Crippen LogP contribution >= 0.6 is 11.3 Å². The summed E-state index contributed by atoms with van der Waals surface area (Å²) in [4.78, 5) is 32.0. The second kappa shape index (κ2) is 8.40. The van der Waals surface area contributed by atoms with E-state index < -0.39 is 0 Å². The number of thiophene rings is 1. The van der Waals surface area contributed by atoms with Crippen molar-refractivity contribution < 1.29 is 4.39 Å². The van der Waals surface area contributed by atoms with Gasteiger partial charge in [-0.15, -0.1) is 11.3 Å². The first kappa shape index (κ1) is 20.7. The second-order valence-electron chi connectivity index (χ2n) is 7.35. The molecule has 0 aliphatic carbocycles. The normalized spacial score (nSPS) is 11.1.